The van der Waals surface area contributed by atoms with Crippen molar-refractivity contribution in [2.75, 3.05) is 13.2 Å². The summed E-state index contributed by atoms with van der Waals surface area (Å²) in [5, 5.41) is 8.95. The summed E-state index contributed by atoms with van der Waals surface area (Å²) in [5.74, 6) is -5.47. The Morgan fingerprint density at radius 2 is 1.84 bits per heavy atom. The summed E-state index contributed by atoms with van der Waals surface area (Å²) < 4.78 is 38.5. The first-order valence-electron chi connectivity index (χ1n) is 5.44. The second-order valence-electron chi connectivity index (χ2n) is 4.80. The molecule has 0 saturated heterocycles. The van der Waals surface area contributed by atoms with E-state index in [0.717, 1.165) is 0 Å². The average molecular weight is 277 g/mol. The molecule has 0 bridgehead atoms. The van der Waals surface area contributed by atoms with Gasteiger partial charge in [-0.05, 0) is 12.1 Å². The largest absolute Gasteiger partial charge is 0.396 e. The second kappa shape index (κ2) is 6.03. The number of halogens is 3. The summed E-state index contributed by atoms with van der Waals surface area (Å²) in [6.07, 6.45) is 0. The smallest absolute Gasteiger partial charge is 0.275 e. The molecule has 0 radical (unpaired) electrons. The molecular weight excluding hydrogens is 263 g/mol. The Kier molecular flexibility index (Phi) is 4.90. The first-order chi connectivity index (χ1) is 8.76. The molecule has 0 aromatic heterocycles. The number of hydrogen-bond acceptors (Lipinski definition) is 3. The normalized spacial score (nSPS) is 11.5. The molecule has 0 aliphatic rings. The molecule has 0 unspecified atom stereocenters. The zero-order valence-corrected chi connectivity index (χ0v) is 10.5. The van der Waals surface area contributed by atoms with E-state index in [2.05, 4.69) is 0 Å². The SMILES string of the molecule is CC(C)(CO)CONC(=O)c1cc(F)c(F)c(F)c1. The minimum Gasteiger partial charge on any atom is -0.396 e. The number of hydrogen-bond donors (Lipinski definition) is 2. The second-order valence-corrected chi connectivity index (χ2v) is 4.80. The van der Waals surface area contributed by atoms with Crippen LogP contribution in [0.1, 0.15) is 24.2 Å². The average Bonchev–Trinajstić information content (AvgIpc) is 2.35. The van der Waals surface area contributed by atoms with E-state index in [1.807, 2.05) is 5.48 Å². The number of carbonyl (C=O) groups excluding carboxylic acids is 1. The molecule has 1 rings (SSSR count). The van der Waals surface area contributed by atoms with Crippen LogP contribution >= 0.6 is 0 Å². The summed E-state index contributed by atoms with van der Waals surface area (Å²) in [7, 11) is 0. The molecule has 0 atom stereocenters. The van der Waals surface area contributed by atoms with Gasteiger partial charge in [0.25, 0.3) is 5.91 Å². The molecular formula is C12H14F3NO3. The van der Waals surface area contributed by atoms with Gasteiger partial charge in [-0.15, -0.1) is 0 Å². The van der Waals surface area contributed by atoms with Crippen molar-refractivity contribution < 1.29 is 27.9 Å². The maximum absolute atomic E-state index is 12.9. The highest BCUT2D eigenvalue weighted by Gasteiger charge is 2.19. The Bertz CT molecular complexity index is 454. The highest BCUT2D eigenvalue weighted by Crippen LogP contribution is 2.15. The monoisotopic (exact) mass is 277 g/mol. The van der Waals surface area contributed by atoms with Crippen molar-refractivity contribution in [3.63, 3.8) is 0 Å². The van der Waals surface area contributed by atoms with E-state index >= 15 is 0 Å². The number of rotatable bonds is 5. The van der Waals surface area contributed by atoms with Crippen LogP contribution in [0.5, 0.6) is 0 Å². The number of aliphatic hydroxyl groups excluding tert-OH is 1. The predicted octanol–water partition coefficient (Wildman–Crippen LogP) is 1.78. The topological polar surface area (TPSA) is 58.6 Å². The Hall–Kier alpha value is -1.60. The lowest BCUT2D eigenvalue weighted by Crippen LogP contribution is -2.31. The van der Waals surface area contributed by atoms with E-state index in [1.165, 1.54) is 0 Å². The number of carbonyl (C=O) groups is 1. The fraction of sp³-hybridized carbons (Fsp3) is 0.417. The number of benzene rings is 1. The van der Waals surface area contributed by atoms with Crippen LogP contribution in [0.4, 0.5) is 13.2 Å². The van der Waals surface area contributed by atoms with Gasteiger partial charge in [-0.3, -0.25) is 9.63 Å². The van der Waals surface area contributed by atoms with E-state index in [9.17, 15) is 18.0 Å². The van der Waals surface area contributed by atoms with Crippen LogP contribution < -0.4 is 5.48 Å². The summed E-state index contributed by atoms with van der Waals surface area (Å²) >= 11 is 0. The zero-order valence-electron chi connectivity index (χ0n) is 10.5. The van der Waals surface area contributed by atoms with Crippen LogP contribution in [-0.4, -0.2) is 24.2 Å². The fourth-order valence-electron chi connectivity index (χ4n) is 1.09. The number of amides is 1. The van der Waals surface area contributed by atoms with Gasteiger partial charge in [0, 0.05) is 11.0 Å². The van der Waals surface area contributed by atoms with Gasteiger partial charge in [-0.1, -0.05) is 13.8 Å². The number of nitrogens with one attached hydrogen (secondary N) is 1. The molecule has 0 aliphatic carbocycles. The van der Waals surface area contributed by atoms with Gasteiger partial charge in [0.15, 0.2) is 17.5 Å². The van der Waals surface area contributed by atoms with Crippen LogP contribution in [0.15, 0.2) is 12.1 Å². The van der Waals surface area contributed by atoms with Gasteiger partial charge in [0.05, 0.1) is 13.2 Å². The van der Waals surface area contributed by atoms with Crippen molar-refractivity contribution in [2.24, 2.45) is 5.41 Å². The Morgan fingerprint density at radius 3 is 2.32 bits per heavy atom. The first kappa shape index (κ1) is 15.5. The van der Waals surface area contributed by atoms with Gasteiger partial charge in [0.2, 0.25) is 0 Å². The molecule has 106 valence electrons. The van der Waals surface area contributed by atoms with Crippen LogP contribution in [-0.2, 0) is 4.84 Å². The van der Waals surface area contributed by atoms with Crippen molar-refractivity contribution in [3.05, 3.63) is 35.1 Å². The molecule has 0 spiro atoms. The fourth-order valence-corrected chi connectivity index (χ4v) is 1.09. The molecule has 2 N–H and O–H groups in total. The van der Waals surface area contributed by atoms with Crippen molar-refractivity contribution in [3.8, 4) is 0 Å². The summed E-state index contributed by atoms with van der Waals surface area (Å²) in [6.45, 7) is 3.22. The van der Waals surface area contributed by atoms with E-state index < -0.39 is 34.3 Å². The number of aliphatic hydroxyl groups is 1. The van der Waals surface area contributed by atoms with E-state index in [-0.39, 0.29) is 13.2 Å². The van der Waals surface area contributed by atoms with E-state index in [4.69, 9.17) is 9.94 Å². The number of hydroxylamine groups is 1. The molecule has 0 aliphatic heterocycles. The zero-order chi connectivity index (χ0) is 14.6. The Morgan fingerprint density at radius 1 is 1.32 bits per heavy atom. The molecule has 1 aromatic rings. The third-order valence-corrected chi connectivity index (χ3v) is 2.30. The van der Waals surface area contributed by atoms with Gasteiger partial charge in [0.1, 0.15) is 0 Å². The maximum atomic E-state index is 12.9. The summed E-state index contributed by atoms with van der Waals surface area (Å²) in [4.78, 5) is 16.3. The van der Waals surface area contributed by atoms with Crippen molar-refractivity contribution in [2.45, 2.75) is 13.8 Å². The molecule has 0 heterocycles. The Balaban J connectivity index is 2.65. The molecule has 0 saturated carbocycles. The van der Waals surface area contributed by atoms with Crippen LogP contribution in [0.3, 0.4) is 0 Å². The lowest BCUT2D eigenvalue weighted by atomic mass is 9.97. The lowest BCUT2D eigenvalue weighted by Gasteiger charge is -2.20. The predicted molar refractivity (Wildman–Crippen MR) is 60.6 cm³/mol. The van der Waals surface area contributed by atoms with Crippen LogP contribution in [0.2, 0.25) is 0 Å². The van der Waals surface area contributed by atoms with Gasteiger partial charge in [-0.2, -0.15) is 0 Å². The van der Waals surface area contributed by atoms with E-state index in [0.29, 0.717) is 12.1 Å². The van der Waals surface area contributed by atoms with E-state index in [1.54, 1.807) is 13.8 Å². The summed E-state index contributed by atoms with van der Waals surface area (Å²) in [6, 6.07) is 1.13. The minimum absolute atomic E-state index is 0.00139. The molecule has 1 amide bonds. The Labute approximate surface area is 108 Å². The molecule has 7 heteroatoms. The third kappa shape index (κ3) is 4.22. The van der Waals surface area contributed by atoms with Crippen LogP contribution in [0, 0.1) is 22.9 Å². The lowest BCUT2D eigenvalue weighted by molar-refractivity contribution is -0.0198. The van der Waals surface area contributed by atoms with Crippen LogP contribution in [0.25, 0.3) is 0 Å². The highest BCUT2D eigenvalue weighted by atomic mass is 19.2. The standard InChI is InChI=1S/C12H14F3NO3/c1-12(2,5-17)6-19-16-11(18)7-3-8(13)10(15)9(14)4-7/h3-4,17H,5-6H2,1-2H3,(H,16,18). The van der Waals surface area contributed by atoms with Gasteiger partial charge < -0.3 is 5.11 Å². The molecule has 4 nitrogen and oxygen atoms in total. The molecule has 1 aromatic carbocycles. The minimum atomic E-state index is -1.64. The molecule has 0 fully saturated rings. The highest BCUT2D eigenvalue weighted by molar-refractivity contribution is 5.93. The maximum Gasteiger partial charge on any atom is 0.275 e. The van der Waals surface area contributed by atoms with Gasteiger partial charge in [-0.25, -0.2) is 18.7 Å². The molecule has 19 heavy (non-hydrogen) atoms. The first-order valence-corrected chi connectivity index (χ1v) is 5.44. The summed E-state index contributed by atoms with van der Waals surface area (Å²) in [5.41, 5.74) is 0.976. The quantitative estimate of drug-likeness (QED) is 0.637. The van der Waals surface area contributed by atoms with Crippen molar-refractivity contribution in [1.29, 1.82) is 0 Å². The van der Waals surface area contributed by atoms with Gasteiger partial charge >= 0.3 is 0 Å². The van der Waals surface area contributed by atoms with Crippen molar-refractivity contribution in [1.82, 2.24) is 5.48 Å². The van der Waals surface area contributed by atoms with Crippen molar-refractivity contribution >= 4 is 5.91 Å². The third-order valence-electron chi connectivity index (χ3n) is 2.30.